The van der Waals surface area contributed by atoms with Crippen LogP contribution in [0.2, 0.25) is 10.0 Å². The number of nitrogens with zero attached hydrogens (tertiary/aromatic N) is 3. The highest BCUT2D eigenvalue weighted by molar-refractivity contribution is 6.42. The Morgan fingerprint density at radius 2 is 1.65 bits per heavy atom. The molecule has 0 radical (unpaired) electrons. The standard InChI is InChI=1S/C18H13Cl2N3/c1-22-17(13-7-8-14(19)15(20)9-13)11-23-10-16(21-18(22)23)12-5-3-2-4-6-12/h2-11H,1H3. The molecule has 0 aliphatic carbocycles. The van der Waals surface area contributed by atoms with Gasteiger partial charge in [0.1, 0.15) is 0 Å². The number of benzene rings is 2. The largest absolute Gasteiger partial charge is 0.313 e. The predicted octanol–water partition coefficient (Wildman–Crippen LogP) is 5.31. The van der Waals surface area contributed by atoms with Gasteiger partial charge in [0.25, 0.3) is 0 Å². The summed E-state index contributed by atoms with van der Waals surface area (Å²) >= 11 is 12.1. The first kappa shape index (κ1) is 14.4. The second-order valence-electron chi connectivity index (χ2n) is 5.40. The topological polar surface area (TPSA) is 22.2 Å². The van der Waals surface area contributed by atoms with Crippen LogP contribution >= 0.6 is 23.2 Å². The third kappa shape index (κ3) is 2.42. The molecule has 114 valence electrons. The van der Waals surface area contributed by atoms with Gasteiger partial charge in [0.05, 0.1) is 21.4 Å². The minimum atomic E-state index is 0.549. The van der Waals surface area contributed by atoms with E-state index in [2.05, 4.69) is 12.1 Å². The van der Waals surface area contributed by atoms with Gasteiger partial charge in [-0.05, 0) is 12.1 Å². The Labute approximate surface area is 143 Å². The molecule has 2 aromatic heterocycles. The van der Waals surface area contributed by atoms with Gasteiger partial charge in [0.2, 0.25) is 5.78 Å². The molecule has 0 unspecified atom stereocenters. The van der Waals surface area contributed by atoms with Crippen molar-refractivity contribution in [2.24, 2.45) is 7.05 Å². The van der Waals surface area contributed by atoms with E-state index in [1.165, 1.54) is 0 Å². The minimum absolute atomic E-state index is 0.549. The van der Waals surface area contributed by atoms with Gasteiger partial charge in [-0.15, -0.1) is 0 Å². The summed E-state index contributed by atoms with van der Waals surface area (Å²) in [5.41, 5.74) is 4.10. The van der Waals surface area contributed by atoms with E-state index in [0.717, 1.165) is 28.3 Å². The number of fused-ring (bicyclic) bond motifs is 1. The van der Waals surface area contributed by atoms with Crippen LogP contribution in [0.5, 0.6) is 0 Å². The number of imidazole rings is 2. The lowest BCUT2D eigenvalue weighted by molar-refractivity contribution is 0.945. The van der Waals surface area contributed by atoms with Crippen LogP contribution in [0.1, 0.15) is 0 Å². The normalized spacial score (nSPS) is 11.3. The van der Waals surface area contributed by atoms with Gasteiger partial charge in [-0.1, -0.05) is 59.6 Å². The van der Waals surface area contributed by atoms with Crippen LogP contribution in [0.15, 0.2) is 60.9 Å². The zero-order chi connectivity index (χ0) is 16.0. The van der Waals surface area contributed by atoms with E-state index in [1.54, 1.807) is 0 Å². The van der Waals surface area contributed by atoms with E-state index in [-0.39, 0.29) is 0 Å². The van der Waals surface area contributed by atoms with Gasteiger partial charge in [-0.25, -0.2) is 4.98 Å². The molecule has 5 heteroatoms. The molecule has 0 fully saturated rings. The fourth-order valence-electron chi connectivity index (χ4n) is 2.72. The zero-order valence-corrected chi connectivity index (χ0v) is 13.9. The average Bonchev–Trinajstić information content (AvgIpc) is 3.11. The average molecular weight is 342 g/mol. The van der Waals surface area contributed by atoms with Crippen molar-refractivity contribution in [3.8, 4) is 22.5 Å². The summed E-state index contributed by atoms with van der Waals surface area (Å²) in [4.78, 5) is 4.74. The van der Waals surface area contributed by atoms with Crippen molar-refractivity contribution >= 4 is 29.0 Å². The van der Waals surface area contributed by atoms with E-state index < -0.39 is 0 Å². The monoisotopic (exact) mass is 341 g/mol. The molecule has 4 aromatic rings. The van der Waals surface area contributed by atoms with E-state index >= 15 is 0 Å². The Kier molecular flexibility index (Phi) is 3.40. The smallest absolute Gasteiger partial charge is 0.214 e. The van der Waals surface area contributed by atoms with Crippen LogP contribution in [0, 0.1) is 0 Å². The van der Waals surface area contributed by atoms with Crippen LogP contribution in [-0.4, -0.2) is 14.0 Å². The molecular weight excluding hydrogens is 329 g/mol. The summed E-state index contributed by atoms with van der Waals surface area (Å²) in [5, 5.41) is 1.11. The maximum Gasteiger partial charge on any atom is 0.214 e. The molecular formula is C18H13Cl2N3. The first-order valence-corrected chi connectivity index (χ1v) is 7.94. The van der Waals surface area contributed by atoms with Crippen molar-refractivity contribution in [3.05, 3.63) is 71.0 Å². The fraction of sp³-hybridized carbons (Fsp3) is 0.0556. The van der Waals surface area contributed by atoms with Crippen molar-refractivity contribution in [1.82, 2.24) is 14.0 Å². The number of aromatic nitrogens is 3. The molecule has 0 aliphatic heterocycles. The van der Waals surface area contributed by atoms with E-state index in [1.807, 2.05) is 64.8 Å². The van der Waals surface area contributed by atoms with E-state index in [9.17, 15) is 0 Å². The quantitative estimate of drug-likeness (QED) is 0.484. The molecule has 0 saturated heterocycles. The molecule has 0 atom stereocenters. The lowest BCUT2D eigenvalue weighted by Crippen LogP contribution is -1.92. The summed E-state index contributed by atoms with van der Waals surface area (Å²) in [7, 11) is 1.99. The number of halogens is 2. The molecule has 2 aromatic carbocycles. The van der Waals surface area contributed by atoms with Gasteiger partial charge < -0.3 is 4.57 Å². The number of hydrogen-bond donors (Lipinski definition) is 0. The van der Waals surface area contributed by atoms with E-state index in [0.29, 0.717) is 10.0 Å². The van der Waals surface area contributed by atoms with Gasteiger partial charge in [0, 0.05) is 30.6 Å². The molecule has 23 heavy (non-hydrogen) atoms. The third-order valence-electron chi connectivity index (χ3n) is 3.92. The van der Waals surface area contributed by atoms with Gasteiger partial charge in [-0.3, -0.25) is 4.40 Å². The van der Waals surface area contributed by atoms with Gasteiger partial charge in [0.15, 0.2) is 0 Å². The number of rotatable bonds is 2. The predicted molar refractivity (Wildman–Crippen MR) is 95.1 cm³/mol. The minimum Gasteiger partial charge on any atom is -0.313 e. The lowest BCUT2D eigenvalue weighted by Gasteiger charge is -2.04. The maximum atomic E-state index is 6.13. The second kappa shape index (κ2) is 5.44. The van der Waals surface area contributed by atoms with Crippen molar-refractivity contribution < 1.29 is 0 Å². The molecule has 0 amide bonds. The Hall–Kier alpha value is -2.23. The molecule has 2 heterocycles. The van der Waals surface area contributed by atoms with Crippen LogP contribution < -0.4 is 0 Å². The van der Waals surface area contributed by atoms with Gasteiger partial charge in [-0.2, -0.15) is 0 Å². The molecule has 0 N–H and O–H groups in total. The van der Waals surface area contributed by atoms with Gasteiger partial charge >= 0.3 is 0 Å². The van der Waals surface area contributed by atoms with Crippen LogP contribution in [0.4, 0.5) is 0 Å². The highest BCUT2D eigenvalue weighted by atomic mass is 35.5. The van der Waals surface area contributed by atoms with Crippen molar-refractivity contribution in [1.29, 1.82) is 0 Å². The van der Waals surface area contributed by atoms with Crippen molar-refractivity contribution in [3.63, 3.8) is 0 Å². The summed E-state index contributed by atoms with van der Waals surface area (Å²) < 4.78 is 4.08. The lowest BCUT2D eigenvalue weighted by atomic mass is 10.1. The third-order valence-corrected chi connectivity index (χ3v) is 4.66. The SMILES string of the molecule is Cn1c(-c2ccc(Cl)c(Cl)c2)cn2cc(-c3ccccc3)nc12. The summed E-state index contributed by atoms with van der Waals surface area (Å²) in [6, 6.07) is 15.8. The summed E-state index contributed by atoms with van der Waals surface area (Å²) in [5.74, 6) is 0.880. The first-order chi connectivity index (χ1) is 11.1. The highest BCUT2D eigenvalue weighted by Gasteiger charge is 2.13. The molecule has 0 bridgehead atoms. The first-order valence-electron chi connectivity index (χ1n) is 7.19. The second-order valence-corrected chi connectivity index (χ2v) is 6.22. The van der Waals surface area contributed by atoms with Crippen molar-refractivity contribution in [2.75, 3.05) is 0 Å². The van der Waals surface area contributed by atoms with Crippen LogP contribution in [0.3, 0.4) is 0 Å². The van der Waals surface area contributed by atoms with Crippen LogP contribution in [-0.2, 0) is 7.05 Å². The Morgan fingerprint density at radius 1 is 0.870 bits per heavy atom. The number of hydrogen-bond acceptors (Lipinski definition) is 1. The Balaban J connectivity index is 1.83. The molecule has 0 saturated carbocycles. The zero-order valence-electron chi connectivity index (χ0n) is 12.4. The molecule has 0 aliphatic rings. The van der Waals surface area contributed by atoms with E-state index in [4.69, 9.17) is 28.2 Å². The summed E-state index contributed by atoms with van der Waals surface area (Å²) in [6.07, 6.45) is 4.08. The summed E-state index contributed by atoms with van der Waals surface area (Å²) in [6.45, 7) is 0. The molecule has 4 rings (SSSR count). The molecule has 3 nitrogen and oxygen atoms in total. The maximum absolute atomic E-state index is 6.13. The number of aryl methyl sites for hydroxylation is 1. The fourth-order valence-corrected chi connectivity index (χ4v) is 3.02. The Bertz CT molecular complexity index is 1000. The van der Waals surface area contributed by atoms with Crippen LogP contribution in [0.25, 0.3) is 28.3 Å². The highest BCUT2D eigenvalue weighted by Crippen LogP contribution is 2.30. The molecule has 0 spiro atoms. The van der Waals surface area contributed by atoms with Crippen molar-refractivity contribution in [2.45, 2.75) is 0 Å². The Morgan fingerprint density at radius 3 is 2.35 bits per heavy atom.